The third kappa shape index (κ3) is 3.30. The number of methoxy groups -OCH3 is 1. The Labute approximate surface area is 116 Å². The predicted molar refractivity (Wildman–Crippen MR) is 79.6 cm³/mol. The fourth-order valence-corrected chi connectivity index (χ4v) is 2.68. The number of anilines is 1. The van der Waals surface area contributed by atoms with Gasteiger partial charge in [-0.2, -0.15) is 0 Å². The molecular formula is C12H16N2O2S2. The van der Waals surface area contributed by atoms with Crippen LogP contribution in [0.4, 0.5) is 5.00 Å². The van der Waals surface area contributed by atoms with Gasteiger partial charge in [-0.3, -0.25) is 0 Å². The molecule has 0 unspecified atom stereocenters. The summed E-state index contributed by atoms with van der Waals surface area (Å²) in [7, 11) is 1.37. The van der Waals surface area contributed by atoms with Crippen LogP contribution in [0.25, 0.3) is 0 Å². The first-order valence-electron chi connectivity index (χ1n) is 5.35. The minimum atomic E-state index is -0.356. The fourth-order valence-electron chi connectivity index (χ4n) is 1.38. The highest BCUT2D eigenvalue weighted by atomic mass is 32.1. The zero-order valence-corrected chi connectivity index (χ0v) is 12.3. The molecule has 6 heteroatoms. The van der Waals surface area contributed by atoms with Crippen molar-refractivity contribution in [3.63, 3.8) is 0 Å². The topological polar surface area (TPSA) is 50.4 Å². The summed E-state index contributed by atoms with van der Waals surface area (Å²) in [5, 5.41) is 7.13. The number of hydrogen-bond acceptors (Lipinski definition) is 4. The van der Waals surface area contributed by atoms with E-state index in [1.807, 2.05) is 13.8 Å². The van der Waals surface area contributed by atoms with E-state index >= 15 is 0 Å². The highest BCUT2D eigenvalue weighted by Gasteiger charge is 2.20. The summed E-state index contributed by atoms with van der Waals surface area (Å²) in [4.78, 5) is 12.8. The minimum absolute atomic E-state index is 0.356. The van der Waals surface area contributed by atoms with Crippen LogP contribution in [0.1, 0.15) is 20.8 Å². The number of thiocarbonyl (C=S) groups is 1. The second kappa shape index (κ2) is 6.51. The van der Waals surface area contributed by atoms with Gasteiger partial charge in [0, 0.05) is 11.4 Å². The molecule has 0 radical (unpaired) electrons. The van der Waals surface area contributed by atoms with Gasteiger partial charge in [-0.05, 0) is 31.6 Å². The molecule has 1 aromatic rings. The summed E-state index contributed by atoms with van der Waals surface area (Å²) in [6, 6.07) is 0. The van der Waals surface area contributed by atoms with E-state index in [4.69, 9.17) is 17.0 Å². The third-order valence-corrected chi connectivity index (χ3v) is 3.78. The van der Waals surface area contributed by atoms with Crippen LogP contribution < -0.4 is 10.6 Å². The van der Waals surface area contributed by atoms with E-state index in [0.29, 0.717) is 22.2 Å². The highest BCUT2D eigenvalue weighted by molar-refractivity contribution is 7.80. The van der Waals surface area contributed by atoms with Gasteiger partial charge in [-0.15, -0.1) is 17.9 Å². The van der Waals surface area contributed by atoms with E-state index < -0.39 is 0 Å². The molecule has 0 saturated carbocycles. The van der Waals surface area contributed by atoms with Crippen LogP contribution in [0, 0.1) is 13.8 Å². The van der Waals surface area contributed by atoms with Gasteiger partial charge >= 0.3 is 5.97 Å². The standard InChI is InChI=1S/C12H16N2O2S2/c1-5-6-13-12(17)14-10-9(11(15)16-4)7(2)8(3)18-10/h5H,1,6H2,2-4H3,(H2,13,14,17). The molecule has 0 bridgehead atoms. The maximum absolute atomic E-state index is 11.7. The number of nitrogens with one attached hydrogen (secondary N) is 2. The Kier molecular flexibility index (Phi) is 5.30. The minimum Gasteiger partial charge on any atom is -0.465 e. The molecule has 0 aromatic carbocycles. The molecule has 1 heterocycles. The Hall–Kier alpha value is -1.40. The summed E-state index contributed by atoms with van der Waals surface area (Å²) >= 11 is 6.60. The number of thiophene rings is 1. The number of hydrogen-bond donors (Lipinski definition) is 2. The van der Waals surface area contributed by atoms with Gasteiger partial charge in [-0.25, -0.2) is 4.79 Å². The van der Waals surface area contributed by atoms with E-state index in [1.54, 1.807) is 6.08 Å². The zero-order valence-electron chi connectivity index (χ0n) is 10.6. The molecule has 0 saturated heterocycles. The molecule has 1 aromatic heterocycles. The normalized spacial score (nSPS) is 9.72. The Morgan fingerprint density at radius 2 is 2.22 bits per heavy atom. The average molecular weight is 284 g/mol. The lowest BCUT2D eigenvalue weighted by Crippen LogP contribution is -2.28. The van der Waals surface area contributed by atoms with Crippen LogP contribution in [-0.4, -0.2) is 24.7 Å². The van der Waals surface area contributed by atoms with Gasteiger partial charge in [0.15, 0.2) is 5.11 Å². The van der Waals surface area contributed by atoms with Gasteiger partial charge in [0.1, 0.15) is 5.00 Å². The Bertz CT molecular complexity index is 481. The smallest absolute Gasteiger partial charge is 0.341 e. The van der Waals surface area contributed by atoms with Crippen molar-refractivity contribution in [2.75, 3.05) is 19.0 Å². The van der Waals surface area contributed by atoms with E-state index in [1.165, 1.54) is 18.4 Å². The van der Waals surface area contributed by atoms with Crippen LogP contribution in [0.5, 0.6) is 0 Å². The molecule has 1 rings (SSSR count). The van der Waals surface area contributed by atoms with E-state index in [-0.39, 0.29) is 5.97 Å². The van der Waals surface area contributed by atoms with Gasteiger partial charge in [0.05, 0.1) is 12.7 Å². The molecule has 0 amide bonds. The quantitative estimate of drug-likeness (QED) is 0.506. The van der Waals surface area contributed by atoms with Gasteiger partial charge in [0.2, 0.25) is 0 Å². The molecule has 0 atom stereocenters. The maximum atomic E-state index is 11.7. The van der Waals surface area contributed by atoms with Crippen LogP contribution in [0.3, 0.4) is 0 Å². The molecule has 0 aliphatic carbocycles. The first-order valence-corrected chi connectivity index (χ1v) is 6.57. The van der Waals surface area contributed by atoms with E-state index in [0.717, 1.165) is 10.4 Å². The van der Waals surface area contributed by atoms with Crippen molar-refractivity contribution in [1.82, 2.24) is 5.32 Å². The van der Waals surface area contributed by atoms with Gasteiger partial charge in [0.25, 0.3) is 0 Å². The Balaban J connectivity index is 2.95. The van der Waals surface area contributed by atoms with Crippen molar-refractivity contribution in [2.24, 2.45) is 0 Å². The zero-order chi connectivity index (χ0) is 13.7. The van der Waals surface area contributed by atoms with Crippen LogP contribution in [-0.2, 0) is 4.74 Å². The monoisotopic (exact) mass is 284 g/mol. The van der Waals surface area contributed by atoms with Crippen molar-refractivity contribution in [3.05, 3.63) is 28.7 Å². The van der Waals surface area contributed by atoms with Crippen molar-refractivity contribution in [3.8, 4) is 0 Å². The molecule has 0 fully saturated rings. The van der Waals surface area contributed by atoms with Crippen molar-refractivity contribution in [2.45, 2.75) is 13.8 Å². The SMILES string of the molecule is C=CCNC(=S)Nc1sc(C)c(C)c1C(=O)OC. The molecule has 0 spiro atoms. The molecule has 18 heavy (non-hydrogen) atoms. The number of aryl methyl sites for hydroxylation is 1. The lowest BCUT2D eigenvalue weighted by Gasteiger charge is -2.09. The van der Waals surface area contributed by atoms with Gasteiger partial charge < -0.3 is 15.4 Å². The highest BCUT2D eigenvalue weighted by Crippen LogP contribution is 2.32. The van der Waals surface area contributed by atoms with Crippen LogP contribution >= 0.6 is 23.6 Å². The lowest BCUT2D eigenvalue weighted by molar-refractivity contribution is 0.0601. The third-order valence-electron chi connectivity index (χ3n) is 2.41. The molecule has 2 N–H and O–H groups in total. The number of carbonyl (C=O) groups excluding carboxylic acids is 1. The molecule has 4 nitrogen and oxygen atoms in total. The van der Waals surface area contributed by atoms with Crippen molar-refractivity contribution >= 4 is 39.6 Å². The molecule has 98 valence electrons. The van der Waals surface area contributed by atoms with Gasteiger partial charge in [-0.1, -0.05) is 6.08 Å². The largest absolute Gasteiger partial charge is 0.465 e. The Morgan fingerprint density at radius 3 is 2.78 bits per heavy atom. The Morgan fingerprint density at radius 1 is 1.56 bits per heavy atom. The number of ether oxygens (including phenoxy) is 1. The summed E-state index contributed by atoms with van der Waals surface area (Å²) in [6.45, 7) is 8.02. The fraction of sp³-hybridized carbons (Fsp3) is 0.333. The first-order chi connectivity index (χ1) is 8.51. The van der Waals surface area contributed by atoms with E-state index in [2.05, 4.69) is 17.2 Å². The molecule has 0 aliphatic rings. The van der Waals surface area contributed by atoms with Crippen molar-refractivity contribution in [1.29, 1.82) is 0 Å². The number of rotatable bonds is 4. The average Bonchev–Trinajstić information content (AvgIpc) is 2.61. The van der Waals surface area contributed by atoms with Crippen molar-refractivity contribution < 1.29 is 9.53 Å². The predicted octanol–water partition coefficient (Wildman–Crippen LogP) is 2.62. The second-order valence-electron chi connectivity index (χ2n) is 3.60. The van der Waals surface area contributed by atoms with E-state index in [9.17, 15) is 4.79 Å². The van der Waals surface area contributed by atoms with Crippen LogP contribution in [0.15, 0.2) is 12.7 Å². The summed E-state index contributed by atoms with van der Waals surface area (Å²) in [5.74, 6) is -0.356. The summed E-state index contributed by atoms with van der Waals surface area (Å²) in [5.41, 5.74) is 1.46. The maximum Gasteiger partial charge on any atom is 0.341 e. The lowest BCUT2D eigenvalue weighted by atomic mass is 10.1. The number of carbonyl (C=O) groups is 1. The molecule has 0 aliphatic heterocycles. The second-order valence-corrected chi connectivity index (χ2v) is 5.24. The first kappa shape index (κ1) is 14.7. The molecular weight excluding hydrogens is 268 g/mol. The van der Waals surface area contributed by atoms with Crippen LogP contribution in [0.2, 0.25) is 0 Å². The number of esters is 1. The summed E-state index contributed by atoms with van der Waals surface area (Å²) < 4.78 is 4.78. The summed E-state index contributed by atoms with van der Waals surface area (Å²) in [6.07, 6.45) is 1.71.